The van der Waals surface area contributed by atoms with Gasteiger partial charge >= 0.3 is 11.9 Å². The fraction of sp³-hybridized carbons (Fsp3) is 0.245. The first-order valence-corrected chi connectivity index (χ1v) is 19.7. The second kappa shape index (κ2) is 13.0. The van der Waals surface area contributed by atoms with Crippen LogP contribution in [0.2, 0.25) is 0 Å². The van der Waals surface area contributed by atoms with E-state index in [9.17, 15) is 9.59 Å². The van der Waals surface area contributed by atoms with Gasteiger partial charge < -0.3 is 9.47 Å². The lowest BCUT2D eigenvalue weighted by Crippen LogP contribution is -2.28. The van der Waals surface area contributed by atoms with Crippen LogP contribution in [0, 0.1) is 0 Å². The van der Waals surface area contributed by atoms with E-state index in [1.807, 2.05) is 33.8 Å². The third-order valence-corrected chi connectivity index (χ3v) is 12.2. The summed E-state index contributed by atoms with van der Waals surface area (Å²) in [5.41, 5.74) is 10.0. The summed E-state index contributed by atoms with van der Waals surface area (Å²) < 4.78 is 11.7. The molecule has 0 aliphatic heterocycles. The van der Waals surface area contributed by atoms with Crippen molar-refractivity contribution in [3.63, 3.8) is 0 Å². The number of fused-ring (bicyclic) bond motifs is 3. The van der Waals surface area contributed by atoms with Crippen LogP contribution in [0.3, 0.4) is 0 Å². The molecule has 0 saturated carbocycles. The summed E-state index contributed by atoms with van der Waals surface area (Å²) >= 11 is 0. The predicted molar refractivity (Wildman–Crippen MR) is 236 cm³/mol. The van der Waals surface area contributed by atoms with Crippen LogP contribution in [0.1, 0.15) is 90.1 Å². The lowest BCUT2D eigenvalue weighted by atomic mass is 9.80. The molecule has 286 valence electrons. The van der Waals surface area contributed by atoms with Crippen LogP contribution in [0.25, 0.3) is 65.7 Å². The molecule has 0 heterocycles. The van der Waals surface area contributed by atoms with E-state index in [0.717, 1.165) is 22.3 Å². The number of hydrogen-bond donors (Lipinski definition) is 0. The van der Waals surface area contributed by atoms with Crippen LogP contribution in [-0.4, -0.2) is 11.9 Å². The average molecular weight is 751 g/mol. The van der Waals surface area contributed by atoms with Gasteiger partial charge in [0, 0.05) is 17.6 Å². The SMILES string of the molecule is C=CC(=O)OC(C)(C)c1cc(-c2ccc3c(c2)C(C)(C)c2cc(-c4ccc5ccc6cc(C(C)(C)C)cc7ccc4c5c67)ccc2-3)cc(C(C)(C)OC(=O)C=C)c1. The van der Waals surface area contributed by atoms with Gasteiger partial charge in [0.1, 0.15) is 11.2 Å². The van der Waals surface area contributed by atoms with E-state index in [4.69, 9.17) is 9.47 Å². The van der Waals surface area contributed by atoms with Crippen molar-refractivity contribution in [2.75, 3.05) is 0 Å². The molecular weight excluding hydrogens is 701 g/mol. The van der Waals surface area contributed by atoms with Crippen LogP contribution in [-0.2, 0) is 41.1 Å². The van der Waals surface area contributed by atoms with Gasteiger partial charge in [-0.15, -0.1) is 0 Å². The largest absolute Gasteiger partial charge is 0.452 e. The summed E-state index contributed by atoms with van der Waals surface area (Å²) in [7, 11) is 0. The highest BCUT2D eigenvalue weighted by Crippen LogP contribution is 2.52. The zero-order valence-electron chi connectivity index (χ0n) is 34.5. The highest BCUT2D eigenvalue weighted by atomic mass is 16.6. The summed E-state index contributed by atoms with van der Waals surface area (Å²) in [5, 5.41) is 7.75. The highest BCUT2D eigenvalue weighted by molar-refractivity contribution is 6.25. The first kappa shape index (κ1) is 37.9. The van der Waals surface area contributed by atoms with Gasteiger partial charge in [-0.2, -0.15) is 0 Å². The first-order valence-electron chi connectivity index (χ1n) is 19.7. The number of carbonyl (C=O) groups is 2. The molecule has 7 aromatic rings. The van der Waals surface area contributed by atoms with Crippen LogP contribution < -0.4 is 0 Å². The van der Waals surface area contributed by atoms with Crippen LogP contribution >= 0.6 is 0 Å². The maximum atomic E-state index is 12.4. The Morgan fingerprint density at radius 3 is 1.53 bits per heavy atom. The van der Waals surface area contributed by atoms with Gasteiger partial charge in [0.2, 0.25) is 0 Å². The molecule has 0 saturated heterocycles. The number of hydrogen-bond acceptors (Lipinski definition) is 4. The van der Waals surface area contributed by atoms with Crippen molar-refractivity contribution >= 4 is 44.3 Å². The van der Waals surface area contributed by atoms with Crippen molar-refractivity contribution in [3.8, 4) is 33.4 Å². The van der Waals surface area contributed by atoms with Gasteiger partial charge in [0.05, 0.1) is 0 Å². The third-order valence-electron chi connectivity index (χ3n) is 12.2. The van der Waals surface area contributed by atoms with Gasteiger partial charge in [0.25, 0.3) is 0 Å². The smallest absolute Gasteiger partial charge is 0.331 e. The number of ether oxygens (including phenoxy) is 2. The van der Waals surface area contributed by atoms with E-state index in [-0.39, 0.29) is 10.8 Å². The van der Waals surface area contributed by atoms with Crippen molar-refractivity contribution < 1.29 is 19.1 Å². The lowest BCUT2D eigenvalue weighted by Gasteiger charge is -2.30. The van der Waals surface area contributed by atoms with E-state index in [0.29, 0.717) is 0 Å². The molecule has 4 nitrogen and oxygen atoms in total. The molecule has 0 atom stereocenters. The van der Waals surface area contributed by atoms with Gasteiger partial charge in [-0.05, 0) is 157 Å². The number of esters is 2. The Morgan fingerprint density at radius 2 is 0.982 bits per heavy atom. The van der Waals surface area contributed by atoms with Gasteiger partial charge in [-0.25, -0.2) is 9.59 Å². The molecule has 0 aromatic heterocycles. The van der Waals surface area contributed by atoms with E-state index in [2.05, 4.69) is 145 Å². The van der Waals surface area contributed by atoms with Crippen LogP contribution in [0.15, 0.2) is 128 Å². The average Bonchev–Trinajstić information content (AvgIpc) is 3.40. The third kappa shape index (κ3) is 6.32. The Labute approximate surface area is 336 Å². The van der Waals surface area contributed by atoms with E-state index in [1.54, 1.807) is 0 Å². The quantitative estimate of drug-likeness (QED) is 0.0882. The monoisotopic (exact) mass is 750 g/mol. The van der Waals surface area contributed by atoms with Crippen molar-refractivity contribution in [1.82, 2.24) is 0 Å². The fourth-order valence-electron chi connectivity index (χ4n) is 8.78. The molecule has 0 fully saturated rings. The minimum atomic E-state index is -0.988. The zero-order valence-corrected chi connectivity index (χ0v) is 34.5. The lowest BCUT2D eigenvalue weighted by molar-refractivity contribution is -0.151. The molecular formula is C53H50O4. The number of benzene rings is 7. The molecule has 0 spiro atoms. The summed E-state index contributed by atoms with van der Waals surface area (Å²) in [4.78, 5) is 24.8. The molecule has 0 N–H and O–H groups in total. The minimum absolute atomic E-state index is 0.0653. The Balaban J connectivity index is 1.22. The van der Waals surface area contributed by atoms with Crippen molar-refractivity contribution in [2.24, 2.45) is 0 Å². The van der Waals surface area contributed by atoms with E-state index >= 15 is 0 Å². The standard InChI is InChI=1S/C53H50O4/c1-12-46(54)56-52(8,9)38-26-36(27-39(30-38)53(10,11)57-47(55)13-2)32-17-21-41-42-22-18-33(29-45(42)51(6,7)44(41)28-32)40-20-16-31-14-15-34-24-37(50(3,4)5)25-35-19-23-43(40)49(31)48(34)35/h12-30H,1-2H2,3-11H3. The second-order valence-electron chi connectivity index (χ2n) is 18.2. The Morgan fingerprint density at radius 1 is 0.509 bits per heavy atom. The maximum absolute atomic E-state index is 12.4. The number of carbonyl (C=O) groups excluding carboxylic acids is 2. The molecule has 1 aliphatic carbocycles. The molecule has 1 aliphatic rings. The van der Waals surface area contributed by atoms with Crippen LogP contribution in [0.5, 0.6) is 0 Å². The zero-order chi connectivity index (χ0) is 40.8. The Kier molecular flexibility index (Phi) is 8.66. The van der Waals surface area contributed by atoms with Crippen molar-refractivity contribution in [2.45, 2.75) is 84.3 Å². The molecule has 0 amide bonds. The Hall–Kier alpha value is -6.00. The molecule has 8 rings (SSSR count). The van der Waals surface area contributed by atoms with Gasteiger partial charge in [0.15, 0.2) is 0 Å². The topological polar surface area (TPSA) is 52.6 Å². The van der Waals surface area contributed by atoms with E-state index < -0.39 is 23.1 Å². The van der Waals surface area contributed by atoms with Crippen molar-refractivity contribution in [3.05, 3.63) is 156 Å². The number of rotatable bonds is 8. The maximum Gasteiger partial charge on any atom is 0.331 e. The molecule has 4 heteroatoms. The molecule has 57 heavy (non-hydrogen) atoms. The van der Waals surface area contributed by atoms with Crippen LogP contribution in [0.4, 0.5) is 0 Å². The fourth-order valence-corrected chi connectivity index (χ4v) is 8.78. The van der Waals surface area contributed by atoms with Gasteiger partial charge in [-0.3, -0.25) is 0 Å². The summed E-state index contributed by atoms with van der Waals surface area (Å²) in [6.07, 6.45) is 2.33. The van der Waals surface area contributed by atoms with E-state index in [1.165, 1.54) is 83.4 Å². The van der Waals surface area contributed by atoms with Gasteiger partial charge in [-0.1, -0.05) is 121 Å². The summed E-state index contributed by atoms with van der Waals surface area (Å²) in [6.45, 7) is 26.0. The summed E-state index contributed by atoms with van der Waals surface area (Å²) in [5.74, 6) is -1.03. The van der Waals surface area contributed by atoms with Crippen molar-refractivity contribution in [1.29, 1.82) is 0 Å². The predicted octanol–water partition coefficient (Wildman–Crippen LogP) is 13.5. The molecule has 0 bridgehead atoms. The first-order chi connectivity index (χ1) is 26.8. The highest BCUT2D eigenvalue weighted by Gasteiger charge is 2.37. The minimum Gasteiger partial charge on any atom is -0.452 e. The normalized spacial score (nSPS) is 13.8. The molecule has 7 aromatic carbocycles. The molecule has 0 unspecified atom stereocenters. The summed E-state index contributed by atoms with van der Waals surface area (Å²) in [6, 6.07) is 38.1. The Bertz CT molecular complexity index is 2750. The second-order valence-corrected chi connectivity index (χ2v) is 18.2. The molecule has 0 radical (unpaired) electrons.